The van der Waals surface area contributed by atoms with Crippen molar-refractivity contribution >= 4 is 11.3 Å². The van der Waals surface area contributed by atoms with E-state index in [2.05, 4.69) is 10.2 Å². The molecule has 0 spiro atoms. The van der Waals surface area contributed by atoms with E-state index in [0.717, 1.165) is 11.5 Å². The molecule has 0 unspecified atom stereocenters. The van der Waals surface area contributed by atoms with E-state index in [9.17, 15) is 0 Å². The Morgan fingerprint density at radius 1 is 1.46 bits per heavy atom. The first kappa shape index (κ1) is 7.85. The molecule has 2 heterocycles. The molecule has 0 aliphatic carbocycles. The largest absolute Gasteiger partial charge is 0.494 e. The van der Waals surface area contributed by atoms with E-state index in [1.165, 1.54) is 0 Å². The first-order valence-electron chi connectivity index (χ1n) is 3.87. The van der Waals surface area contributed by atoms with Crippen LogP contribution in [0.3, 0.4) is 0 Å². The van der Waals surface area contributed by atoms with Gasteiger partial charge in [0.1, 0.15) is 11.6 Å². The molecule has 0 aliphatic rings. The van der Waals surface area contributed by atoms with Crippen molar-refractivity contribution in [2.75, 3.05) is 12.8 Å². The molecule has 2 aromatic heterocycles. The maximum absolute atomic E-state index is 5.72. The zero-order valence-corrected chi connectivity index (χ0v) is 7.48. The number of hydrogen-bond donors (Lipinski definition) is 1. The highest BCUT2D eigenvalue weighted by molar-refractivity contribution is 5.58. The highest BCUT2D eigenvalue weighted by atomic mass is 16.5. The van der Waals surface area contributed by atoms with E-state index < -0.39 is 0 Å². The molecule has 0 radical (unpaired) electrons. The van der Waals surface area contributed by atoms with Gasteiger partial charge in [-0.05, 0) is 6.92 Å². The van der Waals surface area contributed by atoms with Gasteiger partial charge in [-0.1, -0.05) is 0 Å². The number of methoxy groups -OCH3 is 1. The van der Waals surface area contributed by atoms with Crippen molar-refractivity contribution in [3.8, 4) is 5.75 Å². The van der Waals surface area contributed by atoms with Crippen LogP contribution < -0.4 is 10.5 Å². The molecule has 2 rings (SSSR count). The molecule has 13 heavy (non-hydrogen) atoms. The van der Waals surface area contributed by atoms with E-state index in [-0.39, 0.29) is 0 Å². The predicted octanol–water partition coefficient (Wildman–Crippen LogP) is 0.629. The Morgan fingerprint density at radius 2 is 2.23 bits per heavy atom. The summed E-state index contributed by atoms with van der Waals surface area (Å²) in [6, 6.07) is 1.76. The summed E-state index contributed by atoms with van der Waals surface area (Å²) < 4.78 is 6.87. The Kier molecular flexibility index (Phi) is 1.58. The number of fused-ring (bicyclic) bond motifs is 1. The van der Waals surface area contributed by atoms with Crippen LogP contribution in [0.15, 0.2) is 12.3 Å². The van der Waals surface area contributed by atoms with E-state index >= 15 is 0 Å². The van der Waals surface area contributed by atoms with E-state index in [0.29, 0.717) is 11.4 Å². The molecular weight excluding hydrogens is 168 g/mol. The van der Waals surface area contributed by atoms with Gasteiger partial charge in [0.2, 0.25) is 0 Å². The van der Waals surface area contributed by atoms with Gasteiger partial charge in [0.05, 0.1) is 12.8 Å². The molecule has 0 amide bonds. The summed E-state index contributed by atoms with van der Waals surface area (Å²) in [5.41, 5.74) is 7.04. The molecule has 0 saturated carbocycles. The third-order valence-electron chi connectivity index (χ3n) is 1.93. The number of nitrogens with two attached hydrogens (primary N) is 1. The minimum Gasteiger partial charge on any atom is -0.494 e. The third-order valence-corrected chi connectivity index (χ3v) is 1.93. The molecule has 0 aliphatic heterocycles. The number of aromatic nitrogens is 3. The van der Waals surface area contributed by atoms with Crippen LogP contribution in [0.4, 0.5) is 5.69 Å². The molecule has 68 valence electrons. The van der Waals surface area contributed by atoms with Gasteiger partial charge in [-0.3, -0.25) is 4.40 Å². The van der Waals surface area contributed by atoms with E-state index in [4.69, 9.17) is 10.5 Å². The smallest absolute Gasteiger partial charge is 0.164 e. The lowest BCUT2D eigenvalue weighted by Crippen LogP contribution is -1.96. The topological polar surface area (TPSA) is 65.4 Å². The number of nitrogens with zero attached hydrogens (tertiary/aromatic N) is 3. The fourth-order valence-corrected chi connectivity index (χ4v) is 1.22. The molecule has 0 atom stereocenters. The fraction of sp³-hybridized carbons (Fsp3) is 0.250. The van der Waals surface area contributed by atoms with Gasteiger partial charge < -0.3 is 10.5 Å². The second-order valence-electron chi connectivity index (χ2n) is 2.77. The second kappa shape index (κ2) is 2.62. The number of hydrogen-bond acceptors (Lipinski definition) is 4. The van der Waals surface area contributed by atoms with Gasteiger partial charge in [-0.25, -0.2) is 0 Å². The molecular formula is C8H10N4O. The SMILES string of the molecule is COc1cc2nnc(C)n2cc1N. The summed E-state index contributed by atoms with van der Waals surface area (Å²) in [5.74, 6) is 1.43. The summed E-state index contributed by atoms with van der Waals surface area (Å²) >= 11 is 0. The summed E-state index contributed by atoms with van der Waals surface area (Å²) in [5, 5.41) is 7.86. The first-order valence-corrected chi connectivity index (χ1v) is 3.87. The average molecular weight is 178 g/mol. The van der Waals surface area contributed by atoms with Gasteiger partial charge in [0.15, 0.2) is 5.65 Å². The zero-order chi connectivity index (χ0) is 9.42. The Bertz CT molecular complexity index is 449. The molecule has 0 saturated heterocycles. The normalized spacial score (nSPS) is 10.6. The lowest BCUT2D eigenvalue weighted by molar-refractivity contribution is 0.417. The van der Waals surface area contributed by atoms with Crippen molar-refractivity contribution in [2.24, 2.45) is 0 Å². The quantitative estimate of drug-likeness (QED) is 0.695. The number of anilines is 1. The number of pyridine rings is 1. The highest BCUT2D eigenvalue weighted by Crippen LogP contribution is 2.22. The third kappa shape index (κ3) is 1.09. The highest BCUT2D eigenvalue weighted by Gasteiger charge is 2.05. The maximum Gasteiger partial charge on any atom is 0.164 e. The molecule has 2 aromatic rings. The molecule has 0 aromatic carbocycles. The minimum absolute atomic E-state index is 0.581. The fourth-order valence-electron chi connectivity index (χ4n) is 1.22. The van der Waals surface area contributed by atoms with Crippen molar-refractivity contribution in [1.82, 2.24) is 14.6 Å². The van der Waals surface area contributed by atoms with Crippen LogP contribution in [-0.4, -0.2) is 21.7 Å². The van der Waals surface area contributed by atoms with Gasteiger partial charge in [0, 0.05) is 12.3 Å². The molecule has 2 N–H and O–H groups in total. The minimum atomic E-state index is 0.581. The van der Waals surface area contributed by atoms with Crippen LogP contribution in [0.5, 0.6) is 5.75 Å². The van der Waals surface area contributed by atoms with E-state index in [1.807, 2.05) is 11.3 Å². The number of rotatable bonds is 1. The standard InChI is InChI=1S/C8H10N4O/c1-5-10-11-8-3-7(13-2)6(9)4-12(5)8/h3-4H,9H2,1-2H3. The van der Waals surface area contributed by atoms with Crippen LogP contribution in [0.25, 0.3) is 5.65 Å². The van der Waals surface area contributed by atoms with Crippen LogP contribution in [-0.2, 0) is 0 Å². The van der Waals surface area contributed by atoms with Crippen molar-refractivity contribution in [3.63, 3.8) is 0 Å². The lowest BCUT2D eigenvalue weighted by Gasteiger charge is -2.04. The van der Waals surface area contributed by atoms with Crippen molar-refractivity contribution in [3.05, 3.63) is 18.1 Å². The van der Waals surface area contributed by atoms with Crippen LogP contribution in [0.2, 0.25) is 0 Å². The Hall–Kier alpha value is -1.78. The molecule has 5 nitrogen and oxygen atoms in total. The molecule has 0 bridgehead atoms. The maximum atomic E-state index is 5.72. The zero-order valence-electron chi connectivity index (χ0n) is 7.48. The second-order valence-corrected chi connectivity index (χ2v) is 2.77. The Labute approximate surface area is 75.1 Å². The van der Waals surface area contributed by atoms with Gasteiger partial charge >= 0.3 is 0 Å². The lowest BCUT2D eigenvalue weighted by atomic mass is 10.4. The molecule has 5 heteroatoms. The number of ether oxygens (including phenoxy) is 1. The number of aryl methyl sites for hydroxylation is 1. The van der Waals surface area contributed by atoms with Gasteiger partial charge in [-0.15, -0.1) is 10.2 Å². The van der Waals surface area contributed by atoms with Crippen LogP contribution >= 0.6 is 0 Å². The summed E-state index contributed by atoms with van der Waals surface area (Å²) in [6.07, 6.45) is 1.75. The Balaban J connectivity index is 2.76. The summed E-state index contributed by atoms with van der Waals surface area (Å²) in [4.78, 5) is 0. The van der Waals surface area contributed by atoms with Crippen LogP contribution in [0, 0.1) is 6.92 Å². The van der Waals surface area contributed by atoms with Crippen molar-refractivity contribution in [2.45, 2.75) is 6.92 Å². The van der Waals surface area contributed by atoms with Crippen molar-refractivity contribution in [1.29, 1.82) is 0 Å². The number of nitrogen functional groups attached to an aromatic ring is 1. The first-order chi connectivity index (χ1) is 6.22. The average Bonchev–Trinajstić information content (AvgIpc) is 2.47. The predicted molar refractivity (Wildman–Crippen MR) is 48.7 cm³/mol. The van der Waals surface area contributed by atoms with Gasteiger partial charge in [0.25, 0.3) is 0 Å². The Morgan fingerprint density at radius 3 is 2.92 bits per heavy atom. The summed E-state index contributed by atoms with van der Waals surface area (Å²) in [7, 11) is 1.57. The van der Waals surface area contributed by atoms with Gasteiger partial charge in [-0.2, -0.15) is 0 Å². The van der Waals surface area contributed by atoms with Crippen molar-refractivity contribution < 1.29 is 4.74 Å². The van der Waals surface area contributed by atoms with Crippen LogP contribution in [0.1, 0.15) is 5.82 Å². The summed E-state index contributed by atoms with van der Waals surface area (Å²) in [6.45, 7) is 1.87. The van der Waals surface area contributed by atoms with E-state index in [1.54, 1.807) is 19.4 Å². The molecule has 0 fully saturated rings. The monoisotopic (exact) mass is 178 g/mol.